The predicted molar refractivity (Wildman–Crippen MR) is 124 cm³/mol. The second-order valence-electron chi connectivity index (χ2n) is 9.41. The third kappa shape index (κ3) is 5.74. The van der Waals surface area contributed by atoms with Gasteiger partial charge in [-0.3, -0.25) is 4.79 Å². The molecule has 1 aliphatic rings. The van der Waals surface area contributed by atoms with Crippen molar-refractivity contribution in [3.8, 4) is 0 Å². The maximum Gasteiger partial charge on any atom is 0.243 e. The zero-order chi connectivity index (χ0) is 22.6. The number of carbonyl (C=O) groups excluding carboxylic acids is 1. The van der Waals surface area contributed by atoms with Gasteiger partial charge in [0.2, 0.25) is 15.9 Å². The van der Waals surface area contributed by atoms with Crippen LogP contribution in [0.1, 0.15) is 50.3 Å². The van der Waals surface area contributed by atoms with E-state index in [0.717, 1.165) is 17.5 Å². The number of hydrogen-bond acceptors (Lipinski definition) is 3. The maximum absolute atomic E-state index is 13.2. The van der Waals surface area contributed by atoms with E-state index in [9.17, 15) is 13.2 Å². The Morgan fingerprint density at radius 1 is 1.06 bits per heavy atom. The van der Waals surface area contributed by atoms with Gasteiger partial charge in [-0.05, 0) is 62.3 Å². The van der Waals surface area contributed by atoms with Crippen molar-refractivity contribution in [2.24, 2.45) is 11.3 Å². The molecule has 3 rings (SSSR count). The van der Waals surface area contributed by atoms with E-state index < -0.39 is 15.4 Å². The van der Waals surface area contributed by atoms with Crippen LogP contribution >= 0.6 is 0 Å². The van der Waals surface area contributed by atoms with Crippen molar-refractivity contribution in [3.63, 3.8) is 0 Å². The van der Waals surface area contributed by atoms with Gasteiger partial charge < -0.3 is 5.32 Å². The Hall–Kier alpha value is -2.18. The fraction of sp³-hybridized carbons (Fsp3) is 0.480. The van der Waals surface area contributed by atoms with Gasteiger partial charge in [0, 0.05) is 19.6 Å². The lowest BCUT2D eigenvalue weighted by Gasteiger charge is -2.38. The average molecular weight is 443 g/mol. The van der Waals surface area contributed by atoms with Gasteiger partial charge in [-0.25, -0.2) is 8.42 Å². The summed E-state index contributed by atoms with van der Waals surface area (Å²) in [6.07, 6.45) is 2.26. The number of nitrogens with one attached hydrogen (secondary N) is 1. The molecule has 2 aromatic rings. The summed E-state index contributed by atoms with van der Waals surface area (Å²) in [4.78, 5) is 13.3. The number of sulfonamides is 1. The van der Waals surface area contributed by atoms with Gasteiger partial charge >= 0.3 is 0 Å². The molecular weight excluding hydrogens is 408 g/mol. The molecular formula is C25H34N2O3S. The Balaban J connectivity index is 1.68. The molecule has 1 saturated heterocycles. The fourth-order valence-electron chi connectivity index (χ4n) is 4.10. The molecule has 0 bridgehead atoms. The smallest absolute Gasteiger partial charge is 0.243 e. The first-order valence-corrected chi connectivity index (χ1v) is 12.5. The van der Waals surface area contributed by atoms with Crippen LogP contribution < -0.4 is 5.32 Å². The van der Waals surface area contributed by atoms with Crippen molar-refractivity contribution < 1.29 is 13.2 Å². The first-order chi connectivity index (χ1) is 14.6. The quantitative estimate of drug-likeness (QED) is 0.695. The zero-order valence-corrected chi connectivity index (χ0v) is 19.8. The Kier molecular flexibility index (Phi) is 7.22. The topological polar surface area (TPSA) is 66.5 Å². The Morgan fingerprint density at radius 2 is 1.68 bits per heavy atom. The molecule has 1 amide bonds. The van der Waals surface area contributed by atoms with Gasteiger partial charge in [-0.1, -0.05) is 55.8 Å². The highest BCUT2D eigenvalue weighted by molar-refractivity contribution is 7.89. The lowest BCUT2D eigenvalue weighted by atomic mass is 9.82. The van der Waals surface area contributed by atoms with E-state index in [1.165, 1.54) is 9.87 Å². The van der Waals surface area contributed by atoms with Crippen molar-refractivity contribution in [1.29, 1.82) is 0 Å². The standard InChI is InChI=1S/C25H34N2O3S/c1-19(2)16-21-10-12-23(13-11-21)31(29,30)27-15-5-14-25(4,18-27)24(28)26-17-22-8-6-20(3)7-9-22/h6-13,19H,5,14-18H2,1-4H3,(H,26,28)/t25-/m1/s1. The third-order valence-corrected chi connectivity index (χ3v) is 7.85. The molecule has 0 aliphatic carbocycles. The summed E-state index contributed by atoms with van der Waals surface area (Å²) in [6, 6.07) is 15.2. The van der Waals surface area contributed by atoms with E-state index in [0.29, 0.717) is 36.7 Å². The number of aryl methyl sites for hydroxylation is 1. The summed E-state index contributed by atoms with van der Waals surface area (Å²) >= 11 is 0. The molecule has 1 heterocycles. The Morgan fingerprint density at radius 3 is 2.29 bits per heavy atom. The highest BCUT2D eigenvalue weighted by atomic mass is 32.2. The van der Waals surface area contributed by atoms with E-state index in [-0.39, 0.29) is 12.5 Å². The van der Waals surface area contributed by atoms with Gasteiger partial charge in [-0.2, -0.15) is 4.31 Å². The summed E-state index contributed by atoms with van der Waals surface area (Å²) in [5.74, 6) is 0.420. The van der Waals surface area contributed by atoms with Crippen LogP contribution in [0, 0.1) is 18.3 Å². The second kappa shape index (κ2) is 9.53. The number of rotatable bonds is 7. The number of hydrogen-bond donors (Lipinski definition) is 1. The molecule has 1 atom stereocenters. The first kappa shape index (κ1) is 23.5. The predicted octanol–water partition coefficient (Wildman–Crippen LogP) is 4.30. The van der Waals surface area contributed by atoms with Gasteiger partial charge in [0.25, 0.3) is 0 Å². The van der Waals surface area contributed by atoms with Crippen LogP contribution in [0.2, 0.25) is 0 Å². The molecule has 0 spiro atoms. The third-order valence-electron chi connectivity index (χ3n) is 5.99. The highest BCUT2D eigenvalue weighted by Gasteiger charge is 2.41. The zero-order valence-electron chi connectivity index (χ0n) is 19.0. The SMILES string of the molecule is Cc1ccc(CNC(=O)[C@]2(C)CCCN(S(=O)(=O)c3ccc(CC(C)C)cc3)C2)cc1. The molecule has 5 nitrogen and oxygen atoms in total. The van der Waals surface area contributed by atoms with E-state index >= 15 is 0 Å². The molecule has 1 N–H and O–H groups in total. The van der Waals surface area contributed by atoms with Crippen LogP contribution in [0.4, 0.5) is 0 Å². The van der Waals surface area contributed by atoms with Crippen LogP contribution in [0.3, 0.4) is 0 Å². The molecule has 31 heavy (non-hydrogen) atoms. The molecule has 0 aromatic heterocycles. The molecule has 0 saturated carbocycles. The molecule has 6 heteroatoms. The van der Waals surface area contributed by atoms with Gasteiger partial charge in [-0.15, -0.1) is 0 Å². The minimum absolute atomic E-state index is 0.0970. The van der Waals surface area contributed by atoms with Crippen molar-refractivity contribution >= 4 is 15.9 Å². The van der Waals surface area contributed by atoms with E-state index in [1.807, 2.05) is 50.2 Å². The van der Waals surface area contributed by atoms with E-state index in [2.05, 4.69) is 19.2 Å². The van der Waals surface area contributed by atoms with Gasteiger partial charge in [0.1, 0.15) is 0 Å². The van der Waals surface area contributed by atoms with Crippen molar-refractivity contribution in [1.82, 2.24) is 9.62 Å². The van der Waals surface area contributed by atoms with Gasteiger partial charge in [0.15, 0.2) is 0 Å². The maximum atomic E-state index is 13.2. The summed E-state index contributed by atoms with van der Waals surface area (Å²) in [5, 5.41) is 3.01. The lowest BCUT2D eigenvalue weighted by Crippen LogP contribution is -2.51. The average Bonchev–Trinajstić information content (AvgIpc) is 2.73. The molecule has 1 aliphatic heterocycles. The summed E-state index contributed by atoms with van der Waals surface area (Å²) in [7, 11) is -3.63. The summed E-state index contributed by atoms with van der Waals surface area (Å²) in [5.41, 5.74) is 2.60. The van der Waals surface area contributed by atoms with E-state index in [4.69, 9.17) is 0 Å². The minimum Gasteiger partial charge on any atom is -0.352 e. The van der Waals surface area contributed by atoms with Crippen LogP contribution in [-0.2, 0) is 27.8 Å². The largest absolute Gasteiger partial charge is 0.352 e. The lowest BCUT2D eigenvalue weighted by molar-refractivity contribution is -0.132. The number of benzene rings is 2. The number of nitrogens with zero attached hydrogens (tertiary/aromatic N) is 1. The first-order valence-electron chi connectivity index (χ1n) is 11.0. The summed E-state index contributed by atoms with van der Waals surface area (Å²) < 4.78 is 27.9. The monoisotopic (exact) mass is 442 g/mol. The Bertz CT molecular complexity index is 998. The molecule has 2 aromatic carbocycles. The van der Waals surface area contributed by atoms with Crippen molar-refractivity contribution in [3.05, 3.63) is 65.2 Å². The molecule has 0 unspecified atom stereocenters. The van der Waals surface area contributed by atoms with Crippen LogP contribution in [0.25, 0.3) is 0 Å². The van der Waals surface area contributed by atoms with E-state index in [1.54, 1.807) is 12.1 Å². The number of piperidine rings is 1. The van der Waals surface area contributed by atoms with Crippen LogP contribution in [0.15, 0.2) is 53.4 Å². The Labute approximate surface area is 186 Å². The normalized spacial score (nSPS) is 20.0. The highest BCUT2D eigenvalue weighted by Crippen LogP contribution is 2.33. The minimum atomic E-state index is -3.63. The van der Waals surface area contributed by atoms with Crippen LogP contribution in [0.5, 0.6) is 0 Å². The molecule has 0 radical (unpaired) electrons. The number of carbonyl (C=O) groups is 1. The molecule has 1 fully saturated rings. The van der Waals surface area contributed by atoms with Crippen LogP contribution in [-0.4, -0.2) is 31.7 Å². The van der Waals surface area contributed by atoms with Crippen molar-refractivity contribution in [2.75, 3.05) is 13.1 Å². The second-order valence-corrected chi connectivity index (χ2v) is 11.4. The fourth-order valence-corrected chi connectivity index (χ4v) is 5.71. The summed E-state index contributed by atoms with van der Waals surface area (Å²) in [6.45, 7) is 9.26. The van der Waals surface area contributed by atoms with Gasteiger partial charge in [0.05, 0.1) is 10.3 Å². The molecule has 168 valence electrons. The number of amides is 1. The van der Waals surface area contributed by atoms with Crippen molar-refractivity contribution in [2.45, 2.75) is 58.4 Å².